The van der Waals surface area contributed by atoms with Crippen LogP contribution in [0.1, 0.15) is 0 Å². The van der Waals surface area contributed by atoms with Crippen molar-refractivity contribution in [3.05, 3.63) is 59.4 Å². The minimum atomic E-state index is -3.72. The molecule has 0 atom stereocenters. The number of rotatable bonds is 5. The summed E-state index contributed by atoms with van der Waals surface area (Å²) in [6.07, 6.45) is 0. The van der Waals surface area contributed by atoms with Crippen LogP contribution in [-0.2, 0) is 21.9 Å². The van der Waals surface area contributed by atoms with Crippen LogP contribution < -0.4 is 14.9 Å². The molecule has 2 N–H and O–H groups in total. The van der Waals surface area contributed by atoms with E-state index in [4.69, 9.17) is 0 Å². The number of thiazole rings is 1. The quantitative estimate of drug-likeness (QED) is 0.654. The van der Waals surface area contributed by atoms with Crippen molar-refractivity contribution in [1.29, 1.82) is 0 Å². The highest BCUT2D eigenvalue weighted by Crippen LogP contribution is 2.14. The topological polar surface area (TPSA) is 92.6 Å². The molecule has 0 saturated heterocycles. The zero-order chi connectivity index (χ0) is 17.9. The Morgan fingerprint density at radius 2 is 1.80 bits per heavy atom. The standard InChI is InChI=1S/C16H16N4O3S2/c1-20-13-9-5-6-10-14(13)24-16(20)19-18-15(21)11-17-25(22,23)12-7-3-2-4-8-12/h2-10,17H,11H2,1H3,(H,18,21)/b19-16-. The number of nitrogens with one attached hydrogen (secondary N) is 2. The van der Waals surface area contributed by atoms with Gasteiger partial charge in [-0.25, -0.2) is 18.6 Å². The lowest BCUT2D eigenvalue weighted by molar-refractivity contribution is -0.120. The smallest absolute Gasteiger partial charge is 0.255 e. The second-order valence-electron chi connectivity index (χ2n) is 5.20. The molecule has 0 unspecified atom stereocenters. The summed E-state index contributed by atoms with van der Waals surface area (Å²) >= 11 is 1.43. The Morgan fingerprint density at radius 3 is 2.52 bits per heavy atom. The van der Waals surface area contributed by atoms with E-state index in [1.807, 2.05) is 35.9 Å². The molecular weight excluding hydrogens is 360 g/mol. The van der Waals surface area contributed by atoms with Gasteiger partial charge in [-0.05, 0) is 24.3 Å². The van der Waals surface area contributed by atoms with E-state index in [1.165, 1.54) is 23.5 Å². The molecule has 1 heterocycles. The summed E-state index contributed by atoms with van der Waals surface area (Å²) in [6.45, 7) is -0.394. The third-order valence-electron chi connectivity index (χ3n) is 3.47. The van der Waals surface area contributed by atoms with Gasteiger partial charge in [0.1, 0.15) is 0 Å². The molecule has 1 amide bonds. The van der Waals surface area contributed by atoms with Gasteiger partial charge in [-0.2, -0.15) is 0 Å². The lowest BCUT2D eigenvalue weighted by Crippen LogP contribution is -2.35. The summed E-state index contributed by atoms with van der Waals surface area (Å²) in [5.41, 5.74) is 3.38. The molecule has 7 nitrogen and oxygen atoms in total. The number of amides is 1. The molecule has 3 rings (SSSR count). The van der Waals surface area contributed by atoms with Crippen LogP contribution in [0.3, 0.4) is 0 Å². The first-order valence-electron chi connectivity index (χ1n) is 7.39. The largest absolute Gasteiger partial charge is 0.318 e. The van der Waals surface area contributed by atoms with Gasteiger partial charge >= 0.3 is 0 Å². The van der Waals surface area contributed by atoms with E-state index in [0.717, 1.165) is 10.2 Å². The molecule has 0 saturated carbocycles. The molecule has 2 aromatic carbocycles. The third-order valence-corrected chi connectivity index (χ3v) is 6.00. The number of benzene rings is 2. The van der Waals surface area contributed by atoms with Crippen molar-refractivity contribution in [3.63, 3.8) is 0 Å². The predicted molar refractivity (Wildman–Crippen MR) is 96.1 cm³/mol. The van der Waals surface area contributed by atoms with Gasteiger partial charge in [-0.15, -0.1) is 5.10 Å². The zero-order valence-corrected chi connectivity index (χ0v) is 15.0. The minimum absolute atomic E-state index is 0.107. The Labute approximate surface area is 148 Å². The van der Waals surface area contributed by atoms with Crippen LogP contribution in [0.15, 0.2) is 64.6 Å². The van der Waals surface area contributed by atoms with Gasteiger partial charge in [0.05, 0.1) is 21.7 Å². The molecule has 0 aliphatic carbocycles. The minimum Gasteiger partial charge on any atom is -0.318 e. The van der Waals surface area contributed by atoms with Gasteiger partial charge in [-0.3, -0.25) is 4.79 Å². The number of fused-ring (bicyclic) bond motifs is 1. The second kappa shape index (κ2) is 7.18. The summed E-state index contributed by atoms with van der Waals surface area (Å²) in [6, 6.07) is 15.7. The number of carbonyl (C=O) groups excluding carboxylic acids is 1. The SMILES string of the molecule is Cn1/c(=N/NC(=O)CNS(=O)(=O)c2ccccc2)sc2ccccc21. The second-order valence-corrected chi connectivity index (χ2v) is 7.97. The lowest BCUT2D eigenvalue weighted by Gasteiger charge is -2.05. The Bertz CT molecular complexity index is 1070. The van der Waals surface area contributed by atoms with E-state index in [-0.39, 0.29) is 4.90 Å². The average molecular weight is 376 g/mol. The number of hydrogen-bond donors (Lipinski definition) is 2. The number of sulfonamides is 1. The normalized spacial score (nSPS) is 12.4. The number of hydrogen-bond acceptors (Lipinski definition) is 5. The maximum Gasteiger partial charge on any atom is 0.255 e. The van der Waals surface area contributed by atoms with Crippen molar-refractivity contribution in [2.45, 2.75) is 4.90 Å². The summed E-state index contributed by atoms with van der Waals surface area (Å²) < 4.78 is 29.3. The van der Waals surface area contributed by atoms with E-state index in [0.29, 0.717) is 4.80 Å². The van der Waals surface area contributed by atoms with Gasteiger partial charge in [-0.1, -0.05) is 41.7 Å². The van der Waals surface area contributed by atoms with Gasteiger partial charge in [0, 0.05) is 7.05 Å². The van der Waals surface area contributed by atoms with E-state index in [1.54, 1.807) is 18.2 Å². The van der Waals surface area contributed by atoms with E-state index in [9.17, 15) is 13.2 Å². The first kappa shape index (κ1) is 17.3. The molecule has 25 heavy (non-hydrogen) atoms. The zero-order valence-electron chi connectivity index (χ0n) is 13.3. The van der Waals surface area contributed by atoms with Crippen LogP contribution in [-0.4, -0.2) is 25.4 Å². The van der Waals surface area contributed by atoms with Crippen LogP contribution in [0.5, 0.6) is 0 Å². The highest BCUT2D eigenvalue weighted by atomic mass is 32.2. The fourth-order valence-corrected chi connectivity index (χ4v) is 4.16. The molecule has 0 spiro atoms. The van der Waals surface area contributed by atoms with Gasteiger partial charge in [0.15, 0.2) is 0 Å². The number of aromatic nitrogens is 1. The third kappa shape index (κ3) is 3.95. The van der Waals surface area contributed by atoms with Crippen LogP contribution >= 0.6 is 11.3 Å². The summed E-state index contributed by atoms with van der Waals surface area (Å²) in [5.74, 6) is -0.544. The maximum absolute atomic E-state index is 12.1. The summed E-state index contributed by atoms with van der Waals surface area (Å²) in [7, 11) is -1.87. The highest BCUT2D eigenvalue weighted by molar-refractivity contribution is 7.89. The van der Waals surface area contributed by atoms with Crippen molar-refractivity contribution >= 4 is 37.5 Å². The number of carbonyl (C=O) groups is 1. The average Bonchev–Trinajstić information content (AvgIpc) is 2.95. The molecule has 130 valence electrons. The molecule has 3 aromatic rings. The van der Waals surface area contributed by atoms with Crippen LogP contribution in [0, 0.1) is 0 Å². The van der Waals surface area contributed by atoms with Crippen LogP contribution in [0.25, 0.3) is 10.2 Å². The van der Waals surface area contributed by atoms with E-state index in [2.05, 4.69) is 15.2 Å². The van der Waals surface area contributed by atoms with E-state index >= 15 is 0 Å². The Morgan fingerprint density at radius 1 is 1.12 bits per heavy atom. The van der Waals surface area contributed by atoms with Crippen molar-refractivity contribution in [2.75, 3.05) is 6.54 Å². The number of nitrogens with zero attached hydrogens (tertiary/aromatic N) is 2. The predicted octanol–water partition coefficient (Wildman–Crippen LogP) is 1.15. The number of aryl methyl sites for hydroxylation is 1. The fraction of sp³-hybridized carbons (Fsp3) is 0.125. The van der Waals surface area contributed by atoms with Crippen molar-refractivity contribution in [3.8, 4) is 0 Å². The fourth-order valence-electron chi connectivity index (χ4n) is 2.18. The van der Waals surface area contributed by atoms with Gasteiger partial charge in [0.2, 0.25) is 14.8 Å². The number of para-hydroxylation sites is 1. The molecule has 0 aliphatic heterocycles. The first-order chi connectivity index (χ1) is 12.0. The molecule has 1 aromatic heterocycles. The van der Waals surface area contributed by atoms with Crippen LogP contribution in [0.4, 0.5) is 0 Å². The summed E-state index contributed by atoms with van der Waals surface area (Å²) in [4.78, 5) is 12.6. The summed E-state index contributed by atoms with van der Waals surface area (Å²) in [5, 5.41) is 4.06. The Balaban J connectivity index is 1.67. The first-order valence-corrected chi connectivity index (χ1v) is 9.69. The molecular formula is C16H16N4O3S2. The molecule has 0 fully saturated rings. The van der Waals surface area contributed by atoms with E-state index < -0.39 is 22.5 Å². The monoisotopic (exact) mass is 376 g/mol. The highest BCUT2D eigenvalue weighted by Gasteiger charge is 2.14. The Kier molecular flexibility index (Phi) is 4.98. The Hall–Kier alpha value is -2.49. The van der Waals surface area contributed by atoms with Crippen molar-refractivity contribution in [1.82, 2.24) is 14.7 Å². The maximum atomic E-state index is 12.1. The van der Waals surface area contributed by atoms with Gasteiger partial charge in [0.25, 0.3) is 5.91 Å². The molecule has 0 bridgehead atoms. The molecule has 0 aliphatic rings. The van der Waals surface area contributed by atoms with Gasteiger partial charge < -0.3 is 4.57 Å². The van der Waals surface area contributed by atoms with Crippen molar-refractivity contribution in [2.24, 2.45) is 12.1 Å². The van der Waals surface area contributed by atoms with Crippen LogP contribution in [0.2, 0.25) is 0 Å². The molecule has 0 radical (unpaired) electrons. The van der Waals surface area contributed by atoms with Crippen molar-refractivity contribution < 1.29 is 13.2 Å². The lowest BCUT2D eigenvalue weighted by atomic mass is 10.3. The molecule has 9 heteroatoms.